The number of hydrogen-bond acceptors (Lipinski definition) is 2. The highest BCUT2D eigenvalue weighted by atomic mass is 35.5. The van der Waals surface area contributed by atoms with Gasteiger partial charge < -0.3 is 20.4 Å². The number of carbonyl (C=O) groups is 2. The minimum Gasteiger partial charge on any atom is -0.341 e. The van der Waals surface area contributed by atoms with Crippen molar-refractivity contribution in [3.63, 3.8) is 0 Å². The highest BCUT2D eigenvalue weighted by Crippen LogP contribution is 2.31. The SMILES string of the molecule is CNC(=O)N1CCC[C@@H](N(C(=O)NCc2cc(C)c(Cl)cc2F)C2CC2)C1. The molecule has 2 N–H and O–H groups in total. The van der Waals surface area contributed by atoms with Gasteiger partial charge >= 0.3 is 12.1 Å². The Bertz CT molecular complexity index is 726. The van der Waals surface area contributed by atoms with E-state index in [-0.39, 0.29) is 30.7 Å². The van der Waals surface area contributed by atoms with Crippen molar-refractivity contribution < 1.29 is 14.0 Å². The van der Waals surface area contributed by atoms with Crippen molar-refractivity contribution in [3.05, 3.63) is 34.1 Å². The number of urea groups is 2. The van der Waals surface area contributed by atoms with Gasteiger partial charge in [0.25, 0.3) is 0 Å². The molecule has 1 aromatic carbocycles. The smallest absolute Gasteiger partial charge is 0.318 e. The molecule has 1 saturated carbocycles. The molecule has 1 atom stereocenters. The molecule has 0 spiro atoms. The van der Waals surface area contributed by atoms with Gasteiger partial charge in [-0.15, -0.1) is 0 Å². The van der Waals surface area contributed by atoms with Gasteiger partial charge in [0.05, 0.1) is 6.04 Å². The van der Waals surface area contributed by atoms with Crippen LogP contribution in [0.25, 0.3) is 0 Å². The summed E-state index contributed by atoms with van der Waals surface area (Å²) >= 11 is 5.93. The molecule has 1 aliphatic heterocycles. The average Bonchev–Trinajstić information content (AvgIpc) is 3.48. The van der Waals surface area contributed by atoms with Crippen molar-refractivity contribution >= 4 is 23.7 Å². The van der Waals surface area contributed by atoms with Gasteiger partial charge in [0.2, 0.25) is 0 Å². The van der Waals surface area contributed by atoms with Gasteiger partial charge in [-0.05, 0) is 50.3 Å². The van der Waals surface area contributed by atoms with Crippen molar-refractivity contribution in [3.8, 4) is 0 Å². The largest absolute Gasteiger partial charge is 0.341 e. The van der Waals surface area contributed by atoms with Crippen LogP contribution in [0.3, 0.4) is 0 Å². The lowest BCUT2D eigenvalue weighted by Crippen LogP contribution is -2.56. The number of amides is 4. The normalized spacial score (nSPS) is 19.6. The van der Waals surface area contributed by atoms with E-state index in [0.717, 1.165) is 31.2 Å². The van der Waals surface area contributed by atoms with Gasteiger partial charge in [0.1, 0.15) is 5.82 Å². The summed E-state index contributed by atoms with van der Waals surface area (Å²) in [6.45, 7) is 3.14. The Morgan fingerprint density at radius 1 is 1.30 bits per heavy atom. The predicted octanol–water partition coefficient (Wildman–Crippen LogP) is 3.27. The molecule has 8 heteroatoms. The topological polar surface area (TPSA) is 64.7 Å². The molecule has 0 radical (unpaired) electrons. The summed E-state index contributed by atoms with van der Waals surface area (Å²) in [6, 6.07) is 2.81. The average molecular weight is 397 g/mol. The number of carbonyl (C=O) groups excluding carboxylic acids is 2. The van der Waals surface area contributed by atoms with E-state index < -0.39 is 5.82 Å². The minimum atomic E-state index is -0.424. The summed E-state index contributed by atoms with van der Waals surface area (Å²) in [4.78, 5) is 28.4. The van der Waals surface area contributed by atoms with E-state index in [1.54, 1.807) is 24.9 Å². The van der Waals surface area contributed by atoms with Gasteiger partial charge in [-0.3, -0.25) is 0 Å². The Morgan fingerprint density at radius 2 is 2.04 bits per heavy atom. The van der Waals surface area contributed by atoms with E-state index in [4.69, 9.17) is 11.6 Å². The van der Waals surface area contributed by atoms with E-state index in [2.05, 4.69) is 10.6 Å². The summed E-state index contributed by atoms with van der Waals surface area (Å²) in [7, 11) is 1.61. The second-order valence-corrected chi connectivity index (χ2v) is 7.69. The zero-order valence-corrected chi connectivity index (χ0v) is 16.5. The molecule has 1 aromatic rings. The quantitative estimate of drug-likeness (QED) is 0.820. The Balaban J connectivity index is 1.66. The Hall–Kier alpha value is -2.02. The lowest BCUT2D eigenvalue weighted by molar-refractivity contribution is 0.116. The first-order valence-corrected chi connectivity index (χ1v) is 9.76. The summed E-state index contributed by atoms with van der Waals surface area (Å²) in [5.74, 6) is -0.424. The summed E-state index contributed by atoms with van der Waals surface area (Å²) < 4.78 is 14.1. The summed E-state index contributed by atoms with van der Waals surface area (Å²) in [6.07, 6.45) is 3.67. The van der Waals surface area contributed by atoms with Gasteiger partial charge in [0.15, 0.2) is 0 Å². The fourth-order valence-corrected chi connectivity index (χ4v) is 3.77. The van der Waals surface area contributed by atoms with Crippen LogP contribution in [0.5, 0.6) is 0 Å². The van der Waals surface area contributed by atoms with E-state index in [0.29, 0.717) is 23.7 Å². The maximum Gasteiger partial charge on any atom is 0.318 e. The minimum absolute atomic E-state index is 0.0136. The van der Waals surface area contributed by atoms with Gasteiger partial charge in [-0.1, -0.05) is 11.6 Å². The number of benzene rings is 1. The summed E-state index contributed by atoms with van der Waals surface area (Å²) in [5.41, 5.74) is 1.19. The third-order valence-corrected chi connectivity index (χ3v) is 5.63. The number of hydrogen-bond donors (Lipinski definition) is 2. The van der Waals surface area contributed by atoms with Gasteiger partial charge in [0, 0.05) is 43.3 Å². The number of piperidine rings is 1. The third-order valence-electron chi connectivity index (χ3n) is 5.22. The van der Waals surface area contributed by atoms with Crippen molar-refractivity contribution in [1.82, 2.24) is 20.4 Å². The van der Waals surface area contributed by atoms with Crippen molar-refractivity contribution in [2.45, 2.75) is 51.2 Å². The molecule has 2 aliphatic rings. The molecular weight excluding hydrogens is 371 g/mol. The Kier molecular flexibility index (Phi) is 6.09. The second kappa shape index (κ2) is 8.33. The van der Waals surface area contributed by atoms with Crippen LogP contribution in [0.15, 0.2) is 12.1 Å². The maximum atomic E-state index is 14.1. The Morgan fingerprint density at radius 3 is 2.70 bits per heavy atom. The summed E-state index contributed by atoms with van der Waals surface area (Å²) in [5, 5.41) is 5.87. The fourth-order valence-electron chi connectivity index (χ4n) is 3.62. The molecule has 2 fully saturated rings. The van der Waals surface area contributed by atoms with Crippen molar-refractivity contribution in [1.29, 1.82) is 0 Å². The lowest BCUT2D eigenvalue weighted by atomic mass is 10.0. The highest BCUT2D eigenvalue weighted by molar-refractivity contribution is 6.31. The molecule has 0 bridgehead atoms. The van der Waals surface area contributed by atoms with Crippen LogP contribution in [0.4, 0.5) is 14.0 Å². The first kappa shape index (κ1) is 19.7. The number of nitrogens with one attached hydrogen (secondary N) is 2. The van der Waals surface area contributed by atoms with E-state index >= 15 is 0 Å². The van der Waals surface area contributed by atoms with E-state index in [1.165, 1.54) is 6.07 Å². The molecule has 1 heterocycles. The molecule has 1 aliphatic carbocycles. The number of nitrogens with zero attached hydrogens (tertiary/aromatic N) is 2. The first-order valence-electron chi connectivity index (χ1n) is 9.38. The molecular formula is C19H26ClFN4O2. The van der Waals surface area contributed by atoms with Crippen LogP contribution in [0.1, 0.15) is 36.8 Å². The molecule has 0 aromatic heterocycles. The zero-order chi connectivity index (χ0) is 19.6. The van der Waals surface area contributed by atoms with Gasteiger partial charge in [-0.2, -0.15) is 0 Å². The number of likely N-dealkylation sites (tertiary alicyclic amines) is 1. The van der Waals surface area contributed by atoms with Crippen LogP contribution in [-0.2, 0) is 6.54 Å². The first-order chi connectivity index (χ1) is 12.9. The maximum absolute atomic E-state index is 14.1. The van der Waals surface area contributed by atoms with Gasteiger partial charge in [-0.25, -0.2) is 14.0 Å². The van der Waals surface area contributed by atoms with Crippen molar-refractivity contribution in [2.24, 2.45) is 0 Å². The lowest BCUT2D eigenvalue weighted by Gasteiger charge is -2.39. The molecule has 27 heavy (non-hydrogen) atoms. The van der Waals surface area contributed by atoms with E-state index in [9.17, 15) is 14.0 Å². The van der Waals surface area contributed by atoms with Crippen LogP contribution >= 0.6 is 11.6 Å². The molecule has 6 nitrogen and oxygen atoms in total. The standard InChI is InChI=1S/C19H26ClFN4O2/c1-12-8-13(17(21)9-16(12)20)10-23-19(27)25(14-5-6-14)15-4-3-7-24(11-15)18(26)22-2/h8-9,14-15H,3-7,10-11H2,1-2H3,(H,22,26)(H,23,27)/t15-/m1/s1. The molecule has 148 valence electrons. The highest BCUT2D eigenvalue weighted by Gasteiger charge is 2.39. The molecule has 4 amide bonds. The molecule has 3 rings (SSSR count). The van der Waals surface area contributed by atoms with Crippen LogP contribution in [0.2, 0.25) is 5.02 Å². The number of rotatable bonds is 4. The zero-order valence-electron chi connectivity index (χ0n) is 15.7. The second-order valence-electron chi connectivity index (χ2n) is 7.29. The molecule has 0 unspecified atom stereocenters. The fraction of sp³-hybridized carbons (Fsp3) is 0.579. The van der Waals surface area contributed by atoms with Crippen molar-refractivity contribution in [2.75, 3.05) is 20.1 Å². The monoisotopic (exact) mass is 396 g/mol. The van der Waals surface area contributed by atoms with Crippen LogP contribution in [-0.4, -0.2) is 54.1 Å². The van der Waals surface area contributed by atoms with Crippen LogP contribution < -0.4 is 10.6 Å². The predicted molar refractivity (Wildman–Crippen MR) is 102 cm³/mol. The van der Waals surface area contributed by atoms with E-state index in [1.807, 2.05) is 4.90 Å². The number of aryl methyl sites for hydroxylation is 1. The van der Waals surface area contributed by atoms with Crippen LogP contribution in [0, 0.1) is 12.7 Å². The third kappa shape index (κ3) is 4.64. The molecule has 1 saturated heterocycles. The Labute approximate surface area is 164 Å². The number of halogens is 2.